The van der Waals surface area contributed by atoms with Crippen LogP contribution in [-0.4, -0.2) is 32.2 Å². The van der Waals surface area contributed by atoms with Gasteiger partial charge in [-0.2, -0.15) is 5.10 Å². The Labute approximate surface area is 198 Å². The summed E-state index contributed by atoms with van der Waals surface area (Å²) in [6.45, 7) is 0.277. The molecule has 2 saturated carbocycles. The number of hydrogen-bond acceptors (Lipinski definition) is 4. The molecule has 0 unspecified atom stereocenters. The van der Waals surface area contributed by atoms with Gasteiger partial charge in [-0.25, -0.2) is 4.68 Å². The number of pyridine rings is 1. The van der Waals surface area contributed by atoms with Crippen LogP contribution in [0.2, 0.25) is 0 Å². The van der Waals surface area contributed by atoms with E-state index in [2.05, 4.69) is 15.7 Å². The highest BCUT2D eigenvalue weighted by Gasteiger charge is 2.28. The predicted octanol–water partition coefficient (Wildman–Crippen LogP) is 3.36. The van der Waals surface area contributed by atoms with E-state index in [1.54, 1.807) is 23.3 Å². The van der Waals surface area contributed by atoms with Crippen molar-refractivity contribution in [2.24, 2.45) is 0 Å². The van der Waals surface area contributed by atoms with E-state index in [4.69, 9.17) is 0 Å². The molecule has 2 aliphatic rings. The van der Waals surface area contributed by atoms with Gasteiger partial charge in [0.1, 0.15) is 11.1 Å². The third-order valence-electron chi connectivity index (χ3n) is 6.60. The Bertz CT molecular complexity index is 1220. The second kappa shape index (κ2) is 9.67. The van der Waals surface area contributed by atoms with Gasteiger partial charge in [0.05, 0.1) is 5.69 Å². The fourth-order valence-electron chi connectivity index (χ4n) is 4.48. The monoisotopic (exact) mass is 459 g/mol. The van der Waals surface area contributed by atoms with E-state index >= 15 is 0 Å². The first-order chi connectivity index (χ1) is 16.6. The topological polar surface area (TPSA) is 98.0 Å². The average Bonchev–Trinajstić information content (AvgIpc) is 3.57. The molecule has 5 rings (SSSR count). The van der Waals surface area contributed by atoms with Crippen molar-refractivity contribution in [1.82, 2.24) is 25.0 Å². The number of carbonyl (C=O) groups excluding carboxylic acids is 2. The summed E-state index contributed by atoms with van der Waals surface area (Å²) >= 11 is 0. The molecule has 0 radical (unpaired) electrons. The molecule has 0 bridgehead atoms. The summed E-state index contributed by atoms with van der Waals surface area (Å²) in [4.78, 5) is 39.1. The van der Waals surface area contributed by atoms with Crippen molar-refractivity contribution in [3.8, 4) is 5.69 Å². The van der Waals surface area contributed by atoms with Crippen molar-refractivity contribution in [3.63, 3.8) is 0 Å². The van der Waals surface area contributed by atoms with Gasteiger partial charge in [0.2, 0.25) is 5.43 Å². The van der Waals surface area contributed by atoms with Gasteiger partial charge in [-0.1, -0.05) is 31.4 Å². The Morgan fingerprint density at radius 3 is 2.29 bits per heavy atom. The van der Waals surface area contributed by atoms with Gasteiger partial charge in [-0.15, -0.1) is 0 Å². The van der Waals surface area contributed by atoms with E-state index in [0.717, 1.165) is 49.8 Å². The molecule has 2 aliphatic carbocycles. The molecule has 8 heteroatoms. The Kier molecular flexibility index (Phi) is 6.29. The molecular weight excluding hydrogens is 430 g/mol. The minimum Gasteiger partial charge on any atom is -0.349 e. The third-order valence-corrected chi connectivity index (χ3v) is 6.60. The molecule has 0 atom stereocenters. The maximum absolute atomic E-state index is 13.1. The Hall–Kier alpha value is -3.68. The van der Waals surface area contributed by atoms with Crippen LogP contribution >= 0.6 is 0 Å². The Morgan fingerprint density at radius 2 is 1.65 bits per heavy atom. The van der Waals surface area contributed by atoms with Gasteiger partial charge >= 0.3 is 0 Å². The summed E-state index contributed by atoms with van der Waals surface area (Å²) < 4.78 is 3.61. The summed E-state index contributed by atoms with van der Waals surface area (Å²) in [7, 11) is 0. The zero-order chi connectivity index (χ0) is 23.5. The van der Waals surface area contributed by atoms with Gasteiger partial charge in [-0.05, 0) is 49.4 Å². The highest BCUT2D eigenvalue weighted by Crippen LogP contribution is 2.34. The van der Waals surface area contributed by atoms with Gasteiger partial charge in [0.15, 0.2) is 0 Å². The fourth-order valence-corrected chi connectivity index (χ4v) is 4.48. The zero-order valence-electron chi connectivity index (χ0n) is 19.1. The van der Waals surface area contributed by atoms with Gasteiger partial charge < -0.3 is 15.2 Å². The second-order valence-electron chi connectivity index (χ2n) is 9.20. The number of benzene rings is 1. The highest BCUT2D eigenvalue weighted by molar-refractivity contribution is 5.99. The number of aromatic nitrogens is 3. The number of carbonyl (C=O) groups is 2. The average molecular weight is 460 g/mol. The normalized spacial score (nSPS) is 16.2. The maximum atomic E-state index is 13.1. The summed E-state index contributed by atoms with van der Waals surface area (Å²) in [5, 5.41) is 10.1. The van der Waals surface area contributed by atoms with E-state index in [0.29, 0.717) is 0 Å². The van der Waals surface area contributed by atoms with Crippen LogP contribution in [0.4, 0.5) is 0 Å². The number of amides is 2. The molecule has 2 N–H and O–H groups in total. The van der Waals surface area contributed by atoms with Gasteiger partial charge in [-0.3, -0.25) is 14.4 Å². The maximum Gasteiger partial charge on any atom is 0.257 e. The quantitative estimate of drug-likeness (QED) is 0.566. The van der Waals surface area contributed by atoms with Crippen molar-refractivity contribution in [2.45, 2.75) is 63.6 Å². The molecular formula is C26H29N5O3. The van der Waals surface area contributed by atoms with E-state index < -0.39 is 11.3 Å². The standard InChI is InChI=1S/C26H29N5O3/c32-24-22(25(33)27-15-18-7-9-21(10-8-18)31-14-4-13-28-31)16-30(20-11-12-20)17-23(24)26(34)29-19-5-2-1-3-6-19/h4,7-10,13-14,16-17,19-20H,1-3,5-6,11-12,15H2,(H,27,33)(H,29,34). The van der Waals surface area contributed by atoms with Crippen molar-refractivity contribution in [1.29, 1.82) is 0 Å². The lowest BCUT2D eigenvalue weighted by molar-refractivity contribution is 0.0925. The molecule has 2 heterocycles. The lowest BCUT2D eigenvalue weighted by atomic mass is 9.95. The van der Waals surface area contributed by atoms with Crippen LogP contribution in [0.5, 0.6) is 0 Å². The summed E-state index contributed by atoms with van der Waals surface area (Å²) in [6.07, 6.45) is 14.0. The van der Waals surface area contributed by atoms with E-state index in [1.807, 2.05) is 41.1 Å². The smallest absolute Gasteiger partial charge is 0.257 e. The summed E-state index contributed by atoms with van der Waals surface area (Å²) in [5.41, 5.74) is 1.36. The molecule has 176 valence electrons. The SMILES string of the molecule is O=C(NCc1ccc(-n2cccn2)cc1)c1cn(C2CC2)cc(C(=O)NC2CCCCC2)c1=O. The highest BCUT2D eigenvalue weighted by atomic mass is 16.2. The van der Waals surface area contributed by atoms with Crippen LogP contribution in [0, 0.1) is 0 Å². The number of rotatable bonds is 7. The van der Waals surface area contributed by atoms with Crippen molar-refractivity contribution < 1.29 is 9.59 Å². The van der Waals surface area contributed by atoms with Crippen LogP contribution in [0.25, 0.3) is 5.69 Å². The largest absolute Gasteiger partial charge is 0.349 e. The van der Waals surface area contributed by atoms with E-state index in [1.165, 1.54) is 6.42 Å². The molecule has 8 nitrogen and oxygen atoms in total. The van der Waals surface area contributed by atoms with Crippen LogP contribution in [0.3, 0.4) is 0 Å². The molecule has 2 aromatic heterocycles. The minimum atomic E-state index is -0.517. The van der Waals surface area contributed by atoms with Crippen LogP contribution in [0.1, 0.15) is 77.3 Å². The van der Waals surface area contributed by atoms with Crippen LogP contribution in [0.15, 0.2) is 59.9 Å². The minimum absolute atomic E-state index is 0.0105. The lowest BCUT2D eigenvalue weighted by Gasteiger charge is -2.23. The molecule has 0 aliphatic heterocycles. The summed E-state index contributed by atoms with van der Waals surface area (Å²) in [6, 6.07) is 9.85. The zero-order valence-corrected chi connectivity index (χ0v) is 19.1. The van der Waals surface area contributed by atoms with Gasteiger partial charge in [0, 0.05) is 43.4 Å². The third kappa shape index (κ3) is 4.95. The number of hydrogen-bond donors (Lipinski definition) is 2. The fraction of sp³-hybridized carbons (Fsp3) is 0.385. The first kappa shape index (κ1) is 22.1. The molecule has 0 saturated heterocycles. The molecule has 0 spiro atoms. The molecule has 2 fully saturated rings. The Balaban J connectivity index is 1.31. The number of nitrogens with one attached hydrogen (secondary N) is 2. The van der Waals surface area contributed by atoms with Crippen LogP contribution < -0.4 is 16.1 Å². The first-order valence-electron chi connectivity index (χ1n) is 12.0. The molecule has 1 aromatic carbocycles. The second-order valence-corrected chi connectivity index (χ2v) is 9.20. The Morgan fingerprint density at radius 1 is 0.941 bits per heavy atom. The van der Waals surface area contributed by atoms with Crippen molar-refractivity contribution in [3.05, 3.63) is 82.0 Å². The van der Waals surface area contributed by atoms with E-state index in [9.17, 15) is 14.4 Å². The molecule has 34 heavy (non-hydrogen) atoms. The number of nitrogens with zero attached hydrogens (tertiary/aromatic N) is 3. The van der Waals surface area contributed by atoms with Gasteiger partial charge in [0.25, 0.3) is 11.8 Å². The lowest BCUT2D eigenvalue weighted by Crippen LogP contribution is -2.40. The van der Waals surface area contributed by atoms with Crippen molar-refractivity contribution >= 4 is 11.8 Å². The summed E-state index contributed by atoms with van der Waals surface area (Å²) in [5.74, 6) is -0.849. The predicted molar refractivity (Wildman–Crippen MR) is 128 cm³/mol. The molecule has 3 aromatic rings. The van der Waals surface area contributed by atoms with Crippen LogP contribution in [-0.2, 0) is 6.54 Å². The van der Waals surface area contributed by atoms with E-state index in [-0.39, 0.29) is 35.7 Å². The molecule has 2 amide bonds. The first-order valence-corrected chi connectivity index (χ1v) is 12.0. The van der Waals surface area contributed by atoms with Crippen molar-refractivity contribution in [2.75, 3.05) is 0 Å².